The second kappa shape index (κ2) is 10.6. The van der Waals surface area contributed by atoms with Crippen molar-refractivity contribution in [2.24, 2.45) is 5.73 Å². The van der Waals surface area contributed by atoms with E-state index in [-0.39, 0.29) is 0 Å². The zero-order valence-electron chi connectivity index (χ0n) is 22.6. The van der Waals surface area contributed by atoms with Crippen molar-refractivity contribution in [1.82, 2.24) is 14.5 Å². The van der Waals surface area contributed by atoms with Crippen molar-refractivity contribution < 1.29 is 0 Å². The number of thioether (sulfide) groups is 1. The van der Waals surface area contributed by atoms with Crippen LogP contribution >= 0.6 is 11.8 Å². The molecule has 1 aliphatic rings. The SMILES string of the molecule is CC1Sc2c(ccc3c2c2ccccc2n3-c2nc(-c3ccccc3)cc(-c3ccccc3)n2)C1CCCCN. The Balaban J connectivity index is 1.47. The van der Waals surface area contributed by atoms with Gasteiger partial charge in [-0.3, -0.25) is 4.57 Å². The van der Waals surface area contributed by atoms with E-state index >= 15 is 0 Å². The predicted octanol–water partition coefficient (Wildman–Crippen LogP) is 8.61. The molecule has 2 N–H and O–H groups in total. The molecule has 198 valence electrons. The summed E-state index contributed by atoms with van der Waals surface area (Å²) in [5, 5.41) is 3.12. The molecule has 2 atom stereocenters. The van der Waals surface area contributed by atoms with E-state index in [0.29, 0.717) is 17.1 Å². The second-order valence-electron chi connectivity index (χ2n) is 10.6. The van der Waals surface area contributed by atoms with Gasteiger partial charge in [0.25, 0.3) is 0 Å². The Morgan fingerprint density at radius 1 is 0.750 bits per heavy atom. The van der Waals surface area contributed by atoms with Gasteiger partial charge in [0, 0.05) is 32.0 Å². The van der Waals surface area contributed by atoms with E-state index in [1.807, 2.05) is 23.9 Å². The summed E-state index contributed by atoms with van der Waals surface area (Å²) in [6.07, 6.45) is 3.45. The summed E-state index contributed by atoms with van der Waals surface area (Å²) in [6, 6.07) is 36.2. The van der Waals surface area contributed by atoms with Gasteiger partial charge in [0.1, 0.15) is 0 Å². The number of rotatable bonds is 7. The Kier molecular flexibility index (Phi) is 6.62. The summed E-state index contributed by atoms with van der Waals surface area (Å²) in [6.45, 7) is 3.14. The molecule has 1 aliphatic heterocycles. The molecule has 0 fully saturated rings. The summed E-state index contributed by atoms with van der Waals surface area (Å²) in [7, 11) is 0. The smallest absolute Gasteiger partial charge is 0.235 e. The maximum absolute atomic E-state index is 5.81. The molecule has 5 heteroatoms. The molecule has 7 rings (SSSR count). The van der Waals surface area contributed by atoms with Crippen molar-refractivity contribution in [1.29, 1.82) is 0 Å². The molecule has 0 radical (unpaired) electrons. The second-order valence-corrected chi connectivity index (χ2v) is 12.0. The van der Waals surface area contributed by atoms with Crippen LogP contribution in [0.25, 0.3) is 50.3 Å². The van der Waals surface area contributed by atoms with E-state index in [9.17, 15) is 0 Å². The summed E-state index contributed by atoms with van der Waals surface area (Å²) in [4.78, 5) is 11.8. The fourth-order valence-corrected chi connectivity index (χ4v) is 7.65. The zero-order valence-corrected chi connectivity index (χ0v) is 23.4. The highest BCUT2D eigenvalue weighted by molar-refractivity contribution is 8.00. The van der Waals surface area contributed by atoms with Crippen molar-refractivity contribution in [3.63, 3.8) is 0 Å². The Morgan fingerprint density at radius 2 is 1.40 bits per heavy atom. The van der Waals surface area contributed by atoms with Crippen molar-refractivity contribution in [3.8, 4) is 28.5 Å². The van der Waals surface area contributed by atoms with E-state index in [4.69, 9.17) is 15.7 Å². The number of hydrogen-bond donors (Lipinski definition) is 1. The highest BCUT2D eigenvalue weighted by atomic mass is 32.2. The third-order valence-corrected chi connectivity index (χ3v) is 9.49. The van der Waals surface area contributed by atoms with Crippen LogP contribution in [0, 0.1) is 0 Å². The molecule has 0 saturated heterocycles. The molecule has 0 aliphatic carbocycles. The van der Waals surface area contributed by atoms with Gasteiger partial charge in [-0.15, -0.1) is 11.8 Å². The molecule has 4 aromatic carbocycles. The summed E-state index contributed by atoms with van der Waals surface area (Å²) in [5.74, 6) is 1.25. The molecule has 0 bridgehead atoms. The van der Waals surface area contributed by atoms with E-state index in [0.717, 1.165) is 46.5 Å². The summed E-state index contributed by atoms with van der Waals surface area (Å²) < 4.78 is 2.26. The van der Waals surface area contributed by atoms with Crippen LogP contribution in [0.5, 0.6) is 0 Å². The van der Waals surface area contributed by atoms with Crippen LogP contribution in [0.15, 0.2) is 108 Å². The van der Waals surface area contributed by atoms with E-state index < -0.39 is 0 Å². The molecule has 2 aromatic heterocycles. The number of nitrogens with two attached hydrogens (primary N) is 1. The number of unbranched alkanes of at least 4 members (excludes halogenated alkanes) is 1. The molecule has 2 unspecified atom stereocenters. The lowest BCUT2D eigenvalue weighted by atomic mass is 9.90. The van der Waals surface area contributed by atoms with Gasteiger partial charge in [-0.05, 0) is 49.1 Å². The number of aromatic nitrogens is 3. The highest BCUT2D eigenvalue weighted by Crippen LogP contribution is 2.52. The Morgan fingerprint density at radius 3 is 2.08 bits per heavy atom. The van der Waals surface area contributed by atoms with Gasteiger partial charge in [-0.1, -0.05) is 98.3 Å². The average Bonchev–Trinajstić information content (AvgIpc) is 3.52. The first-order valence-corrected chi connectivity index (χ1v) is 15.0. The number of fused-ring (bicyclic) bond motifs is 5. The van der Waals surface area contributed by atoms with Crippen LogP contribution in [0.4, 0.5) is 0 Å². The predicted molar refractivity (Wildman–Crippen MR) is 168 cm³/mol. The molecule has 3 heterocycles. The largest absolute Gasteiger partial charge is 0.330 e. The van der Waals surface area contributed by atoms with Gasteiger partial charge in [0.2, 0.25) is 5.95 Å². The fraction of sp³-hybridized carbons (Fsp3) is 0.200. The minimum Gasteiger partial charge on any atom is -0.330 e. The van der Waals surface area contributed by atoms with Crippen LogP contribution in [0.2, 0.25) is 0 Å². The summed E-state index contributed by atoms with van der Waals surface area (Å²) in [5.41, 5.74) is 13.6. The van der Waals surface area contributed by atoms with Crippen LogP contribution in [-0.4, -0.2) is 26.3 Å². The first kappa shape index (κ1) is 25.1. The van der Waals surface area contributed by atoms with Gasteiger partial charge in [-0.25, -0.2) is 9.97 Å². The third kappa shape index (κ3) is 4.30. The topological polar surface area (TPSA) is 56.7 Å². The lowest BCUT2D eigenvalue weighted by Gasteiger charge is -2.15. The van der Waals surface area contributed by atoms with Crippen molar-refractivity contribution in [2.45, 2.75) is 42.2 Å². The van der Waals surface area contributed by atoms with Crippen LogP contribution in [0.1, 0.15) is 37.7 Å². The zero-order chi connectivity index (χ0) is 27.1. The van der Waals surface area contributed by atoms with Crippen LogP contribution in [-0.2, 0) is 0 Å². The lowest BCUT2D eigenvalue weighted by molar-refractivity contribution is 0.574. The van der Waals surface area contributed by atoms with Gasteiger partial charge in [-0.2, -0.15) is 0 Å². The minimum atomic E-state index is 0.544. The maximum atomic E-state index is 5.81. The molecule has 4 nitrogen and oxygen atoms in total. The van der Waals surface area contributed by atoms with Gasteiger partial charge in [0.05, 0.1) is 22.4 Å². The van der Waals surface area contributed by atoms with Gasteiger partial charge >= 0.3 is 0 Å². The highest BCUT2D eigenvalue weighted by Gasteiger charge is 2.33. The van der Waals surface area contributed by atoms with E-state index in [1.165, 1.54) is 34.1 Å². The summed E-state index contributed by atoms with van der Waals surface area (Å²) >= 11 is 2.02. The standard InChI is InChI=1S/C35H32N4S/c1-23-26(16-10-11-21-36)27-19-20-32-33(34(27)40-23)28-17-8-9-18-31(28)39(32)35-37-29(24-12-4-2-5-13-24)22-30(38-35)25-14-6-3-7-15-25/h2-9,12-15,17-20,22-23,26H,10-11,16,21,36H2,1H3. The maximum Gasteiger partial charge on any atom is 0.235 e. The van der Waals surface area contributed by atoms with Crippen molar-refractivity contribution in [2.75, 3.05) is 6.54 Å². The number of hydrogen-bond acceptors (Lipinski definition) is 4. The van der Waals surface area contributed by atoms with E-state index in [2.05, 4.69) is 102 Å². The average molecular weight is 541 g/mol. The Hall–Kier alpha value is -3.93. The van der Waals surface area contributed by atoms with Gasteiger partial charge < -0.3 is 5.73 Å². The molecular weight excluding hydrogens is 508 g/mol. The Bertz CT molecular complexity index is 1750. The molecule has 0 spiro atoms. The molecule has 0 saturated carbocycles. The minimum absolute atomic E-state index is 0.544. The third-order valence-electron chi connectivity index (χ3n) is 8.11. The first-order chi connectivity index (χ1) is 19.7. The number of para-hydroxylation sites is 1. The number of nitrogens with zero attached hydrogens (tertiary/aromatic N) is 3. The first-order valence-electron chi connectivity index (χ1n) is 14.2. The van der Waals surface area contributed by atoms with Crippen molar-refractivity contribution in [3.05, 3.63) is 109 Å². The quantitative estimate of drug-likeness (QED) is 0.206. The normalized spacial score (nSPS) is 16.6. The fourth-order valence-electron chi connectivity index (χ4n) is 6.15. The molecular formula is C35H32N4S. The van der Waals surface area contributed by atoms with E-state index in [1.54, 1.807) is 0 Å². The van der Waals surface area contributed by atoms with Crippen molar-refractivity contribution >= 4 is 33.6 Å². The van der Waals surface area contributed by atoms with Crippen LogP contribution in [0.3, 0.4) is 0 Å². The Labute approximate surface area is 239 Å². The van der Waals surface area contributed by atoms with Crippen LogP contribution < -0.4 is 5.73 Å². The molecule has 40 heavy (non-hydrogen) atoms. The van der Waals surface area contributed by atoms with Gasteiger partial charge in [0.15, 0.2) is 0 Å². The monoisotopic (exact) mass is 540 g/mol. The molecule has 0 amide bonds. The number of benzene rings is 4. The lowest BCUT2D eigenvalue weighted by Crippen LogP contribution is -2.07. The molecule has 6 aromatic rings.